The normalized spacial score (nSPS) is 50.7. The van der Waals surface area contributed by atoms with Crippen LogP contribution in [-0.4, -0.2) is 5.78 Å². The van der Waals surface area contributed by atoms with Crippen LogP contribution in [0.3, 0.4) is 0 Å². The third-order valence-electron chi connectivity index (χ3n) is 9.47. The van der Waals surface area contributed by atoms with Gasteiger partial charge in [-0.15, -0.1) is 0 Å². The third-order valence-corrected chi connectivity index (χ3v) is 9.47. The van der Waals surface area contributed by atoms with E-state index in [4.69, 9.17) is 0 Å². The second kappa shape index (κ2) is 6.13. The molecule has 0 radical (unpaired) electrons. The Hall–Kier alpha value is -0.330. The molecule has 0 aromatic heterocycles. The van der Waals surface area contributed by atoms with E-state index < -0.39 is 0 Å². The summed E-state index contributed by atoms with van der Waals surface area (Å²) in [6.45, 7) is 7.33. The van der Waals surface area contributed by atoms with Crippen molar-refractivity contribution in [3.05, 3.63) is 0 Å². The van der Waals surface area contributed by atoms with Crippen molar-refractivity contribution in [1.29, 1.82) is 0 Å². The Morgan fingerprint density at radius 1 is 0.875 bits per heavy atom. The van der Waals surface area contributed by atoms with Gasteiger partial charge in [0.05, 0.1) is 0 Å². The van der Waals surface area contributed by atoms with Crippen LogP contribution in [0, 0.1) is 40.4 Å². The van der Waals surface area contributed by atoms with E-state index in [9.17, 15) is 4.79 Å². The quantitative estimate of drug-likeness (QED) is 0.584. The molecule has 0 N–H and O–H groups in total. The molecule has 0 heterocycles. The Balaban J connectivity index is 1.58. The first-order chi connectivity index (χ1) is 11.5. The highest BCUT2D eigenvalue weighted by Crippen LogP contribution is 2.67. The summed E-state index contributed by atoms with van der Waals surface area (Å²) >= 11 is 0. The lowest BCUT2D eigenvalue weighted by atomic mass is 9.45. The summed E-state index contributed by atoms with van der Waals surface area (Å²) in [5.74, 6) is 4.74. The zero-order chi connectivity index (χ0) is 16.9. The maximum absolute atomic E-state index is 12.8. The van der Waals surface area contributed by atoms with Crippen LogP contribution in [0.5, 0.6) is 0 Å². The maximum Gasteiger partial charge on any atom is 0.136 e. The molecule has 4 aliphatic rings. The van der Waals surface area contributed by atoms with Crippen molar-refractivity contribution >= 4 is 5.78 Å². The van der Waals surface area contributed by atoms with Crippen LogP contribution in [0.1, 0.15) is 97.8 Å². The van der Waals surface area contributed by atoms with Gasteiger partial charge >= 0.3 is 0 Å². The monoisotopic (exact) mass is 330 g/mol. The van der Waals surface area contributed by atoms with Crippen LogP contribution in [0.25, 0.3) is 0 Å². The molecule has 0 amide bonds. The van der Waals surface area contributed by atoms with E-state index in [1.807, 2.05) is 0 Å². The summed E-state index contributed by atoms with van der Waals surface area (Å²) in [7, 11) is 0. The Kier molecular flexibility index (Phi) is 4.37. The second-order valence-electron chi connectivity index (χ2n) is 10.3. The summed E-state index contributed by atoms with van der Waals surface area (Å²) in [5.41, 5.74) is 0.972. The van der Waals surface area contributed by atoms with Gasteiger partial charge in [0.25, 0.3) is 0 Å². The first-order valence-corrected chi connectivity index (χ1v) is 11.0. The van der Waals surface area contributed by atoms with E-state index in [0.29, 0.717) is 22.5 Å². The average molecular weight is 331 g/mol. The number of rotatable bonds is 3. The van der Waals surface area contributed by atoms with E-state index >= 15 is 0 Å². The minimum atomic E-state index is 0.339. The Labute approximate surface area is 149 Å². The fourth-order valence-electron chi connectivity index (χ4n) is 8.24. The summed E-state index contributed by atoms with van der Waals surface area (Å²) in [5, 5.41) is 0. The predicted octanol–water partition coefficient (Wildman–Crippen LogP) is 6.40. The SMILES string of the molecule is CCCC(=O)[C@H]1CC[C@H]2[C@@H]3CC[C@H]4CCCC[C@]4(C)[C@H]3CC[C@]12C. The lowest BCUT2D eigenvalue weighted by Gasteiger charge is -2.60. The number of fused-ring (bicyclic) bond motifs is 5. The van der Waals surface area contributed by atoms with Crippen molar-refractivity contribution < 1.29 is 4.79 Å². The minimum absolute atomic E-state index is 0.339. The summed E-state index contributed by atoms with van der Waals surface area (Å²) in [6.07, 6.45) is 16.0. The number of hydrogen-bond acceptors (Lipinski definition) is 1. The van der Waals surface area contributed by atoms with Gasteiger partial charge in [-0.1, -0.05) is 33.6 Å². The fraction of sp³-hybridized carbons (Fsp3) is 0.957. The van der Waals surface area contributed by atoms with E-state index in [1.54, 1.807) is 0 Å². The number of carbonyl (C=O) groups is 1. The fourth-order valence-corrected chi connectivity index (χ4v) is 8.24. The average Bonchev–Trinajstić information content (AvgIpc) is 2.92. The van der Waals surface area contributed by atoms with Crippen LogP contribution in [-0.2, 0) is 4.79 Å². The van der Waals surface area contributed by atoms with Crippen LogP contribution < -0.4 is 0 Å². The molecule has 4 rings (SSSR count). The topological polar surface area (TPSA) is 17.1 Å². The maximum atomic E-state index is 12.8. The van der Waals surface area contributed by atoms with Gasteiger partial charge in [-0.2, -0.15) is 0 Å². The van der Waals surface area contributed by atoms with E-state index in [1.165, 1.54) is 64.2 Å². The van der Waals surface area contributed by atoms with Gasteiger partial charge in [-0.3, -0.25) is 4.79 Å². The van der Waals surface area contributed by atoms with Crippen molar-refractivity contribution in [3.63, 3.8) is 0 Å². The van der Waals surface area contributed by atoms with Gasteiger partial charge in [0.1, 0.15) is 5.78 Å². The molecular formula is C23H38O. The number of ketones is 1. The van der Waals surface area contributed by atoms with Crippen LogP contribution >= 0.6 is 0 Å². The van der Waals surface area contributed by atoms with Gasteiger partial charge in [-0.05, 0) is 92.3 Å². The third kappa shape index (κ3) is 2.36. The molecule has 0 aromatic carbocycles. The molecule has 24 heavy (non-hydrogen) atoms. The van der Waals surface area contributed by atoms with Crippen LogP contribution in [0.2, 0.25) is 0 Å². The molecule has 0 spiro atoms. The first kappa shape index (κ1) is 17.1. The number of Topliss-reactive ketones (excluding diaryl/α,β-unsaturated/α-hetero) is 1. The molecule has 0 aromatic rings. The summed E-state index contributed by atoms with van der Waals surface area (Å²) < 4.78 is 0. The zero-order valence-corrected chi connectivity index (χ0v) is 16.3. The summed E-state index contributed by atoms with van der Waals surface area (Å²) in [4.78, 5) is 12.8. The van der Waals surface area contributed by atoms with Gasteiger partial charge < -0.3 is 0 Å². The highest BCUT2D eigenvalue weighted by atomic mass is 16.1. The Bertz CT molecular complexity index is 496. The molecule has 1 heteroatoms. The van der Waals surface area contributed by atoms with E-state index in [-0.39, 0.29) is 0 Å². The van der Waals surface area contributed by atoms with Gasteiger partial charge in [0.15, 0.2) is 0 Å². The van der Waals surface area contributed by atoms with Crippen molar-refractivity contribution in [2.24, 2.45) is 40.4 Å². The zero-order valence-electron chi connectivity index (χ0n) is 16.3. The molecular weight excluding hydrogens is 292 g/mol. The molecule has 0 aliphatic heterocycles. The molecule has 0 saturated heterocycles. The van der Waals surface area contributed by atoms with Crippen molar-refractivity contribution in [1.82, 2.24) is 0 Å². The lowest BCUT2D eigenvalue weighted by Crippen LogP contribution is -2.53. The van der Waals surface area contributed by atoms with Crippen LogP contribution in [0.4, 0.5) is 0 Å². The second-order valence-corrected chi connectivity index (χ2v) is 10.3. The predicted molar refractivity (Wildman–Crippen MR) is 99.7 cm³/mol. The van der Waals surface area contributed by atoms with E-state index in [2.05, 4.69) is 20.8 Å². The Morgan fingerprint density at radius 2 is 1.67 bits per heavy atom. The number of carbonyl (C=O) groups excluding carboxylic acids is 1. The molecule has 0 unspecified atom stereocenters. The molecule has 1 nitrogen and oxygen atoms in total. The highest BCUT2D eigenvalue weighted by molar-refractivity contribution is 5.82. The summed E-state index contributed by atoms with van der Waals surface area (Å²) in [6, 6.07) is 0. The molecule has 4 fully saturated rings. The molecule has 136 valence electrons. The van der Waals surface area contributed by atoms with Gasteiger partial charge in [-0.25, -0.2) is 0 Å². The molecule has 4 saturated carbocycles. The van der Waals surface area contributed by atoms with Gasteiger partial charge in [0.2, 0.25) is 0 Å². The molecule has 7 atom stereocenters. The first-order valence-electron chi connectivity index (χ1n) is 11.0. The van der Waals surface area contributed by atoms with Crippen molar-refractivity contribution in [2.75, 3.05) is 0 Å². The van der Waals surface area contributed by atoms with Crippen LogP contribution in [0.15, 0.2) is 0 Å². The molecule has 0 bridgehead atoms. The minimum Gasteiger partial charge on any atom is -0.299 e. The molecule has 4 aliphatic carbocycles. The number of hydrogen-bond donors (Lipinski definition) is 0. The Morgan fingerprint density at radius 3 is 2.46 bits per heavy atom. The van der Waals surface area contributed by atoms with E-state index in [0.717, 1.165) is 36.5 Å². The highest BCUT2D eigenvalue weighted by Gasteiger charge is 2.60. The van der Waals surface area contributed by atoms with Gasteiger partial charge in [0, 0.05) is 12.3 Å². The largest absolute Gasteiger partial charge is 0.299 e. The lowest BCUT2D eigenvalue weighted by molar-refractivity contribution is -0.135. The van der Waals surface area contributed by atoms with Crippen molar-refractivity contribution in [3.8, 4) is 0 Å². The smallest absolute Gasteiger partial charge is 0.136 e. The van der Waals surface area contributed by atoms with Crippen molar-refractivity contribution in [2.45, 2.75) is 97.8 Å². The standard InChI is InChI=1S/C23H38O/c1-4-7-21(24)20-12-11-18-17-10-9-16-8-5-6-14-22(16,2)19(17)13-15-23(18,20)3/h16-20H,4-15H2,1-3H3/t16-,17+,18+,19+,20-,22+,23+/m1/s1.